The van der Waals surface area contributed by atoms with Crippen LogP contribution in [0.3, 0.4) is 0 Å². The van der Waals surface area contributed by atoms with E-state index >= 15 is 0 Å². The van der Waals surface area contributed by atoms with Crippen molar-refractivity contribution < 1.29 is 33.6 Å². The van der Waals surface area contributed by atoms with Crippen molar-refractivity contribution in [2.75, 3.05) is 19.1 Å². The van der Waals surface area contributed by atoms with Crippen molar-refractivity contribution in [1.82, 2.24) is 4.90 Å². The van der Waals surface area contributed by atoms with Crippen LogP contribution in [0.1, 0.15) is 47.9 Å². The maximum atomic E-state index is 14.1. The van der Waals surface area contributed by atoms with Gasteiger partial charge >= 0.3 is 6.09 Å². The van der Waals surface area contributed by atoms with Crippen LogP contribution in [-0.2, 0) is 50.0 Å². The van der Waals surface area contributed by atoms with Crippen molar-refractivity contribution in [2.24, 2.45) is 0 Å². The molecular weight excluding hydrogens is 654 g/mol. The Labute approximate surface area is 300 Å². The molecule has 8 nitrogen and oxygen atoms in total. The molecule has 266 valence electrons. The van der Waals surface area contributed by atoms with E-state index in [4.69, 9.17) is 35.3 Å². The van der Waals surface area contributed by atoms with Gasteiger partial charge in [-0.2, -0.15) is 0 Å². The monoisotopic (exact) mass is 701 g/mol. The largest absolute Gasteiger partial charge is 0.445 e. The van der Waals surface area contributed by atoms with Crippen LogP contribution in [0.5, 0.6) is 0 Å². The number of benzene rings is 4. The van der Waals surface area contributed by atoms with E-state index in [-0.39, 0.29) is 26.4 Å². The van der Waals surface area contributed by atoms with Crippen molar-refractivity contribution in [3.05, 3.63) is 144 Å². The summed E-state index contributed by atoms with van der Waals surface area (Å²) < 4.78 is 31.5. The molecule has 1 amide bonds. The van der Waals surface area contributed by atoms with E-state index in [1.54, 1.807) is 0 Å². The fourth-order valence-corrected chi connectivity index (χ4v) is 6.16. The predicted octanol–water partition coefficient (Wildman–Crippen LogP) is 7.90. The van der Waals surface area contributed by atoms with Crippen molar-refractivity contribution in [1.29, 1.82) is 0 Å². The summed E-state index contributed by atoms with van der Waals surface area (Å²) in [6.45, 7) is 1.35. The highest BCUT2D eigenvalue weighted by Gasteiger charge is 2.50. The van der Waals surface area contributed by atoms with Gasteiger partial charge in [-0.05, 0) is 35.1 Å². The van der Waals surface area contributed by atoms with E-state index in [0.29, 0.717) is 19.1 Å². The third-order valence-electron chi connectivity index (χ3n) is 8.63. The molecule has 4 aromatic rings. The van der Waals surface area contributed by atoms with E-state index in [9.17, 15) is 9.90 Å². The van der Waals surface area contributed by atoms with Crippen LogP contribution in [0.15, 0.2) is 121 Å². The molecule has 9 heteroatoms. The number of nitrogens with zero attached hydrogens (tertiary/aromatic N) is 1. The molecular formula is C41H48ClNO7. The van der Waals surface area contributed by atoms with Gasteiger partial charge in [-0.15, -0.1) is 11.6 Å². The molecule has 0 bridgehead atoms. The molecule has 0 saturated carbocycles. The van der Waals surface area contributed by atoms with E-state index in [1.165, 1.54) is 4.90 Å². The lowest BCUT2D eigenvalue weighted by atomic mass is 9.95. The van der Waals surface area contributed by atoms with Crippen molar-refractivity contribution >= 4 is 17.7 Å². The molecule has 0 aromatic heterocycles. The summed E-state index contributed by atoms with van der Waals surface area (Å²) in [5, 5.41) is 12.3. The second-order valence-electron chi connectivity index (χ2n) is 12.4. The van der Waals surface area contributed by atoms with E-state index in [0.717, 1.165) is 47.9 Å². The molecule has 1 heterocycles. The Kier molecular flexibility index (Phi) is 15.6. The first-order valence-corrected chi connectivity index (χ1v) is 18.0. The molecule has 5 rings (SSSR count). The SMILES string of the molecule is O=C(OCc1ccccc1)N(Cc1ccccc1)[C@H]1[C@H](OCCCCCCCl)O[C@H](COCc2ccccc2)[C@@H](OCc2ccccc2)[C@@H]1O. The summed E-state index contributed by atoms with van der Waals surface area (Å²) in [4.78, 5) is 15.6. The Bertz CT molecular complexity index is 1500. The van der Waals surface area contributed by atoms with Gasteiger partial charge in [0.05, 0.1) is 19.8 Å². The number of halogens is 1. The van der Waals surface area contributed by atoms with Gasteiger partial charge in [0.15, 0.2) is 6.29 Å². The van der Waals surface area contributed by atoms with Crippen molar-refractivity contribution in [3.63, 3.8) is 0 Å². The first-order chi connectivity index (χ1) is 24.6. The molecule has 1 fully saturated rings. The summed E-state index contributed by atoms with van der Waals surface area (Å²) in [7, 11) is 0. The van der Waals surface area contributed by atoms with Gasteiger partial charge in [-0.25, -0.2) is 4.79 Å². The number of rotatable bonds is 19. The second kappa shape index (κ2) is 20.8. The number of ether oxygens (including phenoxy) is 5. The third-order valence-corrected chi connectivity index (χ3v) is 8.89. The minimum absolute atomic E-state index is 0.0740. The number of hydrogen-bond donors (Lipinski definition) is 1. The van der Waals surface area contributed by atoms with E-state index < -0.39 is 36.7 Å². The second-order valence-corrected chi connectivity index (χ2v) is 12.8. The van der Waals surface area contributed by atoms with E-state index in [1.807, 2.05) is 121 Å². The highest BCUT2D eigenvalue weighted by Crippen LogP contribution is 2.31. The molecule has 4 aromatic carbocycles. The minimum atomic E-state index is -1.20. The van der Waals surface area contributed by atoms with Gasteiger partial charge in [0, 0.05) is 19.0 Å². The quantitative estimate of drug-likeness (QED) is 0.0786. The van der Waals surface area contributed by atoms with Crippen molar-refractivity contribution in [3.8, 4) is 0 Å². The zero-order valence-electron chi connectivity index (χ0n) is 28.4. The zero-order chi connectivity index (χ0) is 34.8. The van der Waals surface area contributed by atoms with Crippen LogP contribution in [0.2, 0.25) is 0 Å². The van der Waals surface area contributed by atoms with Gasteiger partial charge in [0.2, 0.25) is 0 Å². The Morgan fingerprint density at radius 2 is 1.22 bits per heavy atom. The highest BCUT2D eigenvalue weighted by molar-refractivity contribution is 6.17. The molecule has 1 aliphatic heterocycles. The van der Waals surface area contributed by atoms with Gasteiger partial charge in [0.25, 0.3) is 0 Å². The Balaban J connectivity index is 1.42. The summed E-state index contributed by atoms with van der Waals surface area (Å²) in [6, 6.07) is 37.8. The lowest BCUT2D eigenvalue weighted by Crippen LogP contribution is -2.66. The number of alkyl halides is 1. The summed E-state index contributed by atoms with van der Waals surface area (Å²) in [6.07, 6.45) is -0.675. The fraction of sp³-hybridized carbons (Fsp3) is 0.390. The molecule has 5 atom stereocenters. The number of unbranched alkanes of at least 4 members (excludes halogenated alkanes) is 3. The van der Waals surface area contributed by atoms with Crippen LogP contribution < -0.4 is 0 Å². The number of aliphatic hydroxyl groups excluding tert-OH is 1. The normalized spacial score (nSPS) is 20.3. The number of amides is 1. The van der Waals surface area contributed by atoms with Crippen LogP contribution in [0.4, 0.5) is 4.79 Å². The predicted molar refractivity (Wildman–Crippen MR) is 193 cm³/mol. The molecule has 50 heavy (non-hydrogen) atoms. The van der Waals surface area contributed by atoms with Crippen LogP contribution in [0, 0.1) is 0 Å². The first-order valence-electron chi connectivity index (χ1n) is 17.4. The highest BCUT2D eigenvalue weighted by atomic mass is 35.5. The molecule has 0 radical (unpaired) electrons. The maximum absolute atomic E-state index is 14.1. The van der Waals surface area contributed by atoms with Gasteiger partial charge < -0.3 is 28.8 Å². The number of carbonyl (C=O) groups excluding carboxylic acids is 1. The molecule has 0 aliphatic carbocycles. The molecule has 0 spiro atoms. The molecule has 1 saturated heterocycles. The summed E-state index contributed by atoms with van der Waals surface area (Å²) in [5.74, 6) is 0.620. The fourth-order valence-electron chi connectivity index (χ4n) is 5.97. The average Bonchev–Trinajstić information content (AvgIpc) is 3.16. The summed E-state index contributed by atoms with van der Waals surface area (Å²) in [5.41, 5.74) is 3.68. The van der Waals surface area contributed by atoms with Crippen LogP contribution >= 0.6 is 11.6 Å². The number of hydrogen-bond acceptors (Lipinski definition) is 7. The Morgan fingerprint density at radius 3 is 1.82 bits per heavy atom. The smallest absolute Gasteiger partial charge is 0.410 e. The molecule has 1 N–H and O–H groups in total. The van der Waals surface area contributed by atoms with Crippen LogP contribution in [0.25, 0.3) is 0 Å². The van der Waals surface area contributed by atoms with Gasteiger partial charge in [-0.1, -0.05) is 134 Å². The standard InChI is InChI=1S/C41H48ClNO7/c42-25-15-1-2-16-26-47-40-37(43(27-32-17-7-3-8-18-32)41(45)49-30-35-23-13-6-14-24-35)38(44)39(48-29-34-21-11-5-12-22-34)36(50-40)31-46-28-33-19-9-4-10-20-33/h3-14,17-24,36-40,44H,1-2,15-16,25-31H2/t36-,37-,38-,39-,40-/m1/s1. The van der Waals surface area contributed by atoms with Gasteiger partial charge in [-0.3, -0.25) is 4.90 Å². The Morgan fingerprint density at radius 1 is 0.680 bits per heavy atom. The van der Waals surface area contributed by atoms with E-state index in [2.05, 4.69) is 0 Å². The van der Waals surface area contributed by atoms with Crippen molar-refractivity contribution in [2.45, 2.75) is 82.7 Å². The summed E-state index contributed by atoms with van der Waals surface area (Å²) >= 11 is 5.89. The number of carbonyl (C=O) groups is 1. The lowest BCUT2D eigenvalue weighted by molar-refractivity contribution is -0.296. The topological polar surface area (TPSA) is 86.7 Å². The maximum Gasteiger partial charge on any atom is 0.410 e. The van der Waals surface area contributed by atoms with Gasteiger partial charge in [0.1, 0.15) is 31.0 Å². The third kappa shape index (κ3) is 11.7. The number of aliphatic hydroxyl groups is 1. The lowest BCUT2D eigenvalue weighted by Gasteiger charge is -2.47. The minimum Gasteiger partial charge on any atom is -0.445 e. The zero-order valence-corrected chi connectivity index (χ0v) is 29.2. The Hall–Kier alpha value is -3.76. The van der Waals surface area contributed by atoms with Crippen LogP contribution in [-0.4, -0.2) is 65.8 Å². The average molecular weight is 702 g/mol. The molecule has 0 unspecified atom stereocenters. The first kappa shape index (κ1) is 37.5. The molecule has 1 aliphatic rings.